The molecule has 0 saturated carbocycles. The van der Waals surface area contributed by atoms with Crippen LogP contribution >= 0.6 is 0 Å². The molecule has 5 rings (SSSR count). The second-order valence-corrected chi connectivity index (χ2v) is 5.09. The molecule has 0 aliphatic carbocycles. The van der Waals surface area contributed by atoms with Gasteiger partial charge in [0.25, 0.3) is 0 Å². The molecule has 9 nitrogen and oxygen atoms in total. The Morgan fingerprint density at radius 3 is 0.577 bits per heavy atom. The van der Waals surface area contributed by atoms with E-state index in [0.29, 0.717) is 46.7 Å². The Kier molecular flexibility index (Phi) is 4.43. The van der Waals surface area contributed by atoms with Gasteiger partial charge in [0.1, 0.15) is 0 Å². The molecule has 0 aromatic carbocycles. The Morgan fingerprint density at radius 2 is 0.462 bits per heavy atom. The van der Waals surface area contributed by atoms with Crippen molar-refractivity contribution in [3.63, 3.8) is 0 Å². The molecule has 26 heavy (non-hydrogen) atoms. The molecule has 0 radical (unpaired) electrons. The van der Waals surface area contributed by atoms with Gasteiger partial charge in [-0.25, -0.2) is 39.9 Å². The van der Waals surface area contributed by atoms with E-state index < -0.39 is 0 Å². The maximum absolute atomic E-state index is 7.19. The molecule has 0 aromatic rings. The number of aliphatic imine (C=N–C) groups is 8. The van der Waals surface area contributed by atoms with Crippen molar-refractivity contribution in [1.82, 2.24) is 0 Å². The van der Waals surface area contributed by atoms with Crippen LogP contribution in [0.15, 0.2) is 88.5 Å². The van der Waals surface area contributed by atoms with Gasteiger partial charge in [-0.05, 0) is 48.6 Å². The normalized spacial score (nSPS) is 29.1. The van der Waals surface area contributed by atoms with Crippen LogP contribution in [0.5, 0.6) is 0 Å². The zero-order valence-corrected chi connectivity index (χ0v) is 17.8. The third-order valence-electron chi connectivity index (χ3n) is 3.36. The summed E-state index contributed by atoms with van der Waals surface area (Å²) in [5.74, 6) is 4.30. The summed E-state index contributed by atoms with van der Waals surface area (Å²) in [7, 11) is 0. The van der Waals surface area contributed by atoms with Crippen LogP contribution in [0.1, 0.15) is 0 Å². The van der Waals surface area contributed by atoms with Crippen LogP contribution in [0.3, 0.4) is 0 Å². The molecule has 0 amide bonds. The Balaban J connectivity index is 0.000000814. The van der Waals surface area contributed by atoms with Crippen molar-refractivity contribution in [3.05, 3.63) is 48.6 Å². The molecule has 0 saturated heterocycles. The van der Waals surface area contributed by atoms with Crippen LogP contribution in [-0.2, 0) is 0 Å². The molecule has 0 aromatic heterocycles. The van der Waals surface area contributed by atoms with Crippen molar-refractivity contribution in [3.8, 4) is 0 Å². The number of fused-ring (bicyclic) bond motifs is 4. The number of hydrogen-bond donors (Lipinski definition) is 1. The van der Waals surface area contributed by atoms with Crippen LogP contribution in [0, 0.1) is 0 Å². The maximum atomic E-state index is 7.19. The monoisotopic (exact) mass is 400 g/mol. The number of hydrogen-bond acceptors (Lipinski definition) is 9. The first-order valence-electron chi connectivity index (χ1n) is 7.67. The number of amidine groups is 8. The summed E-state index contributed by atoms with van der Waals surface area (Å²) in [5.41, 5.74) is 0. The van der Waals surface area contributed by atoms with E-state index in [9.17, 15) is 0 Å². The third-order valence-corrected chi connectivity index (χ3v) is 3.36. The Morgan fingerprint density at radius 1 is 0.346 bits per heavy atom. The van der Waals surface area contributed by atoms with Crippen molar-refractivity contribution in [2.75, 3.05) is 0 Å². The van der Waals surface area contributed by atoms with E-state index in [2.05, 4.69) is 39.9 Å². The summed E-state index contributed by atoms with van der Waals surface area (Å²) < 4.78 is 7.19. The summed E-state index contributed by atoms with van der Waals surface area (Å²) in [6.07, 6.45) is 14.2. The van der Waals surface area contributed by atoms with E-state index >= 15 is 0 Å². The van der Waals surface area contributed by atoms with Crippen LogP contribution < -0.4 is 0 Å². The average Bonchev–Trinajstić information content (AvgIpc) is 3.42. The van der Waals surface area contributed by atoms with E-state index in [1.807, 2.05) is 0 Å². The standard InChI is InChI=1S/C16H8N8.Ga.H2O.2H/c1-2-10-17-9(1)21-11-3-4-13(18-11)23-15-7-8-16(20-15)24-14-6-5-12(19-14)22-10;;;;/h1-8H;;1H2;;/q;+1;;;/p-1/b21-9-,21-11?,22-10?,22-12-,23-13-,23-15?,24-14?,24-16-;;;;. The number of nitrogens with zero attached hydrogens (tertiary/aromatic N) is 8. The molecule has 1 N–H and O–H groups in total. The first-order chi connectivity index (χ1) is 12.8. The van der Waals surface area contributed by atoms with Gasteiger partial charge in [0, 0.05) is 0 Å². The van der Waals surface area contributed by atoms with Gasteiger partial charge in [-0.1, -0.05) is 0 Å². The molecule has 5 heterocycles. The second-order valence-electron chi connectivity index (χ2n) is 5.09. The van der Waals surface area contributed by atoms with E-state index in [-0.39, 0.29) is 19.0 Å². The van der Waals surface area contributed by atoms with Gasteiger partial charge in [0.2, 0.25) is 0 Å². The predicted molar refractivity (Wildman–Crippen MR) is 107 cm³/mol. The van der Waals surface area contributed by atoms with Gasteiger partial charge >= 0.3 is 22.9 Å². The quantitative estimate of drug-likeness (QED) is 0.565. The zero-order valence-electron chi connectivity index (χ0n) is 13.6. The fourth-order valence-corrected chi connectivity index (χ4v) is 2.33. The Hall–Kier alpha value is -3.08. The van der Waals surface area contributed by atoms with Gasteiger partial charge in [-0.3, -0.25) is 0 Å². The summed E-state index contributed by atoms with van der Waals surface area (Å²) in [6.45, 7) is 0. The minimum absolute atomic E-state index is 0.0625. The van der Waals surface area contributed by atoms with Gasteiger partial charge in [0.15, 0.2) is 46.7 Å². The summed E-state index contributed by atoms with van der Waals surface area (Å²) in [6, 6.07) is 0. The summed E-state index contributed by atoms with van der Waals surface area (Å²) >= 11 is 0.0625. The topological polar surface area (TPSA) is 119 Å². The zero-order chi connectivity index (χ0) is 17.9. The molecule has 0 unspecified atom stereocenters. The van der Waals surface area contributed by atoms with Crippen molar-refractivity contribution in [2.45, 2.75) is 0 Å². The van der Waals surface area contributed by atoms with Gasteiger partial charge in [-0.2, -0.15) is 0 Å². The summed E-state index contributed by atoms with van der Waals surface area (Å²) in [4.78, 5) is 34.8. The molecular weight excluding hydrogens is 390 g/mol. The molecule has 0 spiro atoms. The van der Waals surface area contributed by atoms with Crippen molar-refractivity contribution in [2.24, 2.45) is 39.9 Å². The Labute approximate surface area is 158 Å². The van der Waals surface area contributed by atoms with Gasteiger partial charge in [0.05, 0.1) is 0 Å². The number of rotatable bonds is 0. The fraction of sp³-hybridized carbons (Fsp3) is 0. The molecule has 0 atom stereocenters. The van der Waals surface area contributed by atoms with Gasteiger partial charge < -0.3 is 0 Å². The SMILES string of the molecule is C1=C/C2=N/C3=NC(=N\C4=NC(=N\C5=NC(=N\C1=N2)/C=C5)/C=C4)/C=C3.[OH][GaH2]. The predicted octanol–water partition coefficient (Wildman–Crippen LogP) is -0.00600. The molecule has 8 bridgehead atoms. The van der Waals surface area contributed by atoms with E-state index in [1.54, 1.807) is 48.6 Å². The first kappa shape index (κ1) is 16.4. The van der Waals surface area contributed by atoms with Crippen LogP contribution in [0.25, 0.3) is 0 Å². The second kappa shape index (κ2) is 7.04. The van der Waals surface area contributed by atoms with E-state index in [4.69, 9.17) is 3.90 Å². The van der Waals surface area contributed by atoms with E-state index in [1.165, 1.54) is 0 Å². The van der Waals surface area contributed by atoms with Crippen LogP contribution in [-0.4, -0.2) is 69.5 Å². The van der Waals surface area contributed by atoms with Crippen molar-refractivity contribution in [1.29, 1.82) is 0 Å². The summed E-state index contributed by atoms with van der Waals surface area (Å²) in [5, 5.41) is 0. The molecule has 5 aliphatic rings. The first-order valence-corrected chi connectivity index (χ1v) is 9.54. The molecular formula is C16H11GaN8O. The van der Waals surface area contributed by atoms with Crippen molar-refractivity contribution < 1.29 is 3.90 Å². The fourth-order valence-electron chi connectivity index (χ4n) is 2.33. The molecule has 124 valence electrons. The van der Waals surface area contributed by atoms with Crippen molar-refractivity contribution >= 4 is 65.6 Å². The van der Waals surface area contributed by atoms with E-state index in [0.717, 1.165) is 0 Å². The van der Waals surface area contributed by atoms with Gasteiger partial charge in [-0.15, -0.1) is 0 Å². The molecule has 0 fully saturated rings. The minimum atomic E-state index is 0.0625. The third kappa shape index (κ3) is 3.47. The Bertz CT molecular complexity index is 860. The average molecular weight is 401 g/mol. The van der Waals surface area contributed by atoms with Crippen LogP contribution in [0.4, 0.5) is 0 Å². The molecule has 10 heteroatoms. The molecule has 5 aliphatic heterocycles. The van der Waals surface area contributed by atoms with Crippen LogP contribution in [0.2, 0.25) is 0 Å².